The maximum Gasteiger partial charge on any atom is 0.305 e. The zero-order chi connectivity index (χ0) is 20.7. The Balaban J connectivity index is 3.30. The molecule has 2 nitrogen and oxygen atoms in total. The molecule has 28 heavy (non-hydrogen) atoms. The second-order valence-corrected chi connectivity index (χ2v) is 8.06. The summed E-state index contributed by atoms with van der Waals surface area (Å²) in [6.07, 6.45) is 29.0. The standard InChI is InChI=1S/C26H46O2/c1-4-5-6-7-8-9-10-11-12-13-14-15-16-17-20-23-26(27)28-24-21-18-19-22-25(2)3/h5-6,8-9,11-12,25H,4,7,10,13-24H2,1-3H3/b6-5-,9-8-,12-11-. The molecule has 0 unspecified atom stereocenters. The lowest BCUT2D eigenvalue weighted by Crippen LogP contribution is -2.05. The first kappa shape index (κ1) is 26.7. The van der Waals surface area contributed by atoms with Gasteiger partial charge in [-0.05, 0) is 50.9 Å². The molecule has 0 aliphatic heterocycles. The Kier molecular flexibility index (Phi) is 21.0. The van der Waals surface area contributed by atoms with Gasteiger partial charge in [0.1, 0.15) is 0 Å². The van der Waals surface area contributed by atoms with Gasteiger partial charge >= 0.3 is 5.97 Å². The fourth-order valence-electron chi connectivity index (χ4n) is 2.98. The molecule has 0 N–H and O–H groups in total. The molecule has 0 spiro atoms. The number of ether oxygens (including phenoxy) is 1. The van der Waals surface area contributed by atoms with E-state index >= 15 is 0 Å². The van der Waals surface area contributed by atoms with Crippen LogP contribution in [0.2, 0.25) is 0 Å². The van der Waals surface area contributed by atoms with Gasteiger partial charge < -0.3 is 4.74 Å². The maximum absolute atomic E-state index is 11.7. The number of hydrogen-bond acceptors (Lipinski definition) is 2. The van der Waals surface area contributed by atoms with Gasteiger partial charge in [0.2, 0.25) is 0 Å². The number of allylic oxidation sites excluding steroid dienone is 6. The number of unbranched alkanes of at least 4 members (excludes halogenated alkanes) is 7. The molecule has 0 aliphatic carbocycles. The van der Waals surface area contributed by atoms with E-state index in [2.05, 4.69) is 57.2 Å². The van der Waals surface area contributed by atoms with Crippen LogP contribution in [0.4, 0.5) is 0 Å². The number of hydrogen-bond donors (Lipinski definition) is 0. The van der Waals surface area contributed by atoms with Crippen molar-refractivity contribution in [3.63, 3.8) is 0 Å². The second kappa shape index (κ2) is 22.0. The molecule has 0 saturated heterocycles. The minimum atomic E-state index is -0.00923. The lowest BCUT2D eigenvalue weighted by molar-refractivity contribution is -0.143. The van der Waals surface area contributed by atoms with E-state index in [-0.39, 0.29) is 5.97 Å². The van der Waals surface area contributed by atoms with Crippen LogP contribution in [0.15, 0.2) is 36.5 Å². The van der Waals surface area contributed by atoms with Gasteiger partial charge in [-0.25, -0.2) is 0 Å². The SMILES string of the molecule is CC/C=C\C/C=C\C/C=C\CCCCCCCC(=O)OCCCCCC(C)C. The van der Waals surface area contributed by atoms with Crippen molar-refractivity contribution >= 4 is 5.97 Å². The molecule has 0 atom stereocenters. The molecule has 0 aromatic rings. The van der Waals surface area contributed by atoms with Crippen molar-refractivity contribution in [1.82, 2.24) is 0 Å². The highest BCUT2D eigenvalue weighted by Gasteiger charge is 2.02. The van der Waals surface area contributed by atoms with Crippen LogP contribution in [-0.4, -0.2) is 12.6 Å². The molecule has 0 aromatic carbocycles. The van der Waals surface area contributed by atoms with Gasteiger partial charge in [-0.1, -0.05) is 95.8 Å². The zero-order valence-corrected chi connectivity index (χ0v) is 19.0. The van der Waals surface area contributed by atoms with Gasteiger partial charge in [-0.15, -0.1) is 0 Å². The van der Waals surface area contributed by atoms with Gasteiger partial charge in [0.05, 0.1) is 6.61 Å². The summed E-state index contributed by atoms with van der Waals surface area (Å²) in [6, 6.07) is 0. The molecule has 0 heterocycles. The molecule has 0 fully saturated rings. The maximum atomic E-state index is 11.7. The summed E-state index contributed by atoms with van der Waals surface area (Å²) in [5.41, 5.74) is 0. The normalized spacial score (nSPS) is 12.1. The Labute approximate surface area is 175 Å². The van der Waals surface area contributed by atoms with Crippen LogP contribution < -0.4 is 0 Å². The first-order chi connectivity index (χ1) is 13.7. The third-order valence-electron chi connectivity index (χ3n) is 4.72. The molecule has 0 bridgehead atoms. The lowest BCUT2D eigenvalue weighted by Gasteiger charge is -2.06. The topological polar surface area (TPSA) is 26.3 Å². The fourth-order valence-corrected chi connectivity index (χ4v) is 2.98. The van der Waals surface area contributed by atoms with Crippen LogP contribution in [0.3, 0.4) is 0 Å². The lowest BCUT2D eigenvalue weighted by atomic mass is 10.1. The first-order valence-corrected chi connectivity index (χ1v) is 11.8. The Morgan fingerprint density at radius 3 is 2.07 bits per heavy atom. The van der Waals surface area contributed by atoms with Gasteiger partial charge in [0, 0.05) is 6.42 Å². The Bertz CT molecular complexity index is 418. The summed E-state index contributed by atoms with van der Waals surface area (Å²) in [4.78, 5) is 11.7. The molecule has 162 valence electrons. The van der Waals surface area contributed by atoms with E-state index in [1.54, 1.807) is 0 Å². The molecule has 2 heteroatoms. The van der Waals surface area contributed by atoms with Crippen molar-refractivity contribution in [3.05, 3.63) is 36.5 Å². The van der Waals surface area contributed by atoms with Gasteiger partial charge in [0.15, 0.2) is 0 Å². The average molecular weight is 391 g/mol. The van der Waals surface area contributed by atoms with Crippen LogP contribution in [0, 0.1) is 5.92 Å². The first-order valence-electron chi connectivity index (χ1n) is 11.8. The molecule has 0 aromatic heterocycles. The predicted molar refractivity (Wildman–Crippen MR) is 124 cm³/mol. The van der Waals surface area contributed by atoms with Crippen molar-refractivity contribution in [1.29, 1.82) is 0 Å². The molecule has 0 rings (SSSR count). The largest absolute Gasteiger partial charge is 0.466 e. The van der Waals surface area contributed by atoms with E-state index in [0.29, 0.717) is 13.0 Å². The minimum absolute atomic E-state index is 0.00923. The highest BCUT2D eigenvalue weighted by Crippen LogP contribution is 2.10. The number of carbonyl (C=O) groups is 1. The minimum Gasteiger partial charge on any atom is -0.466 e. The molecular weight excluding hydrogens is 344 g/mol. The van der Waals surface area contributed by atoms with E-state index in [1.807, 2.05) is 0 Å². The molecular formula is C26H46O2. The predicted octanol–water partition coefficient (Wildman–Crippen LogP) is 8.34. The summed E-state index contributed by atoms with van der Waals surface area (Å²) in [5, 5.41) is 0. The molecule has 0 aliphatic rings. The molecule has 0 radical (unpaired) electrons. The van der Waals surface area contributed by atoms with Crippen molar-refractivity contribution in [2.45, 2.75) is 111 Å². The quantitative estimate of drug-likeness (QED) is 0.126. The van der Waals surface area contributed by atoms with Crippen LogP contribution in [0.5, 0.6) is 0 Å². The third kappa shape index (κ3) is 22.7. The van der Waals surface area contributed by atoms with Crippen molar-refractivity contribution < 1.29 is 9.53 Å². The van der Waals surface area contributed by atoms with Crippen molar-refractivity contribution in [3.8, 4) is 0 Å². The highest BCUT2D eigenvalue weighted by atomic mass is 16.5. The fraction of sp³-hybridized carbons (Fsp3) is 0.731. The monoisotopic (exact) mass is 390 g/mol. The van der Waals surface area contributed by atoms with E-state index in [1.165, 1.54) is 44.9 Å². The van der Waals surface area contributed by atoms with Crippen LogP contribution >= 0.6 is 0 Å². The summed E-state index contributed by atoms with van der Waals surface area (Å²) in [5.74, 6) is 0.767. The Morgan fingerprint density at radius 1 is 0.750 bits per heavy atom. The van der Waals surface area contributed by atoms with Crippen LogP contribution in [0.25, 0.3) is 0 Å². The molecule has 0 saturated carbocycles. The van der Waals surface area contributed by atoms with Gasteiger partial charge in [-0.3, -0.25) is 4.79 Å². The van der Waals surface area contributed by atoms with Crippen LogP contribution in [0.1, 0.15) is 111 Å². The van der Waals surface area contributed by atoms with E-state index in [0.717, 1.165) is 44.4 Å². The second-order valence-electron chi connectivity index (χ2n) is 8.06. The van der Waals surface area contributed by atoms with E-state index < -0.39 is 0 Å². The summed E-state index contributed by atoms with van der Waals surface area (Å²) >= 11 is 0. The zero-order valence-electron chi connectivity index (χ0n) is 19.0. The number of esters is 1. The number of rotatable bonds is 19. The number of carbonyl (C=O) groups excluding carboxylic acids is 1. The van der Waals surface area contributed by atoms with Gasteiger partial charge in [0.25, 0.3) is 0 Å². The molecule has 0 amide bonds. The van der Waals surface area contributed by atoms with Crippen molar-refractivity contribution in [2.75, 3.05) is 6.61 Å². The Hall–Kier alpha value is -1.31. The summed E-state index contributed by atoms with van der Waals surface area (Å²) < 4.78 is 5.31. The Morgan fingerprint density at radius 2 is 1.36 bits per heavy atom. The summed E-state index contributed by atoms with van der Waals surface area (Å²) in [6.45, 7) is 7.27. The highest BCUT2D eigenvalue weighted by molar-refractivity contribution is 5.69. The van der Waals surface area contributed by atoms with E-state index in [9.17, 15) is 4.79 Å². The van der Waals surface area contributed by atoms with Gasteiger partial charge in [-0.2, -0.15) is 0 Å². The third-order valence-corrected chi connectivity index (χ3v) is 4.72. The van der Waals surface area contributed by atoms with Crippen molar-refractivity contribution in [2.24, 2.45) is 5.92 Å². The van der Waals surface area contributed by atoms with Crippen LogP contribution in [-0.2, 0) is 9.53 Å². The smallest absolute Gasteiger partial charge is 0.305 e. The summed E-state index contributed by atoms with van der Waals surface area (Å²) in [7, 11) is 0. The van der Waals surface area contributed by atoms with E-state index in [4.69, 9.17) is 4.74 Å². The average Bonchev–Trinajstić information content (AvgIpc) is 2.67.